The Morgan fingerprint density at radius 1 is 1.33 bits per heavy atom. The Labute approximate surface area is 185 Å². The third-order valence-electron chi connectivity index (χ3n) is 4.49. The molecule has 1 fully saturated rings. The Morgan fingerprint density at radius 2 is 2.00 bits per heavy atom. The zero-order valence-electron chi connectivity index (χ0n) is 17.8. The van der Waals surface area contributed by atoms with Crippen molar-refractivity contribution in [2.75, 3.05) is 13.1 Å². The van der Waals surface area contributed by atoms with E-state index in [1.165, 1.54) is 6.08 Å². The number of likely N-dealkylation sites (tertiary alicyclic amines) is 1. The maximum atomic E-state index is 12.2. The van der Waals surface area contributed by atoms with Crippen LogP contribution >= 0.6 is 15.9 Å². The molecule has 1 aliphatic heterocycles. The van der Waals surface area contributed by atoms with E-state index in [-0.39, 0.29) is 30.0 Å². The first-order valence-electron chi connectivity index (χ1n) is 9.61. The number of hydrogen-bond donors (Lipinski definition) is 1. The average molecular weight is 478 g/mol. The summed E-state index contributed by atoms with van der Waals surface area (Å²) in [4.78, 5) is 34.9. The fourth-order valence-corrected chi connectivity index (χ4v) is 3.39. The van der Waals surface area contributed by atoms with E-state index in [1.807, 2.05) is 50.6 Å². The lowest BCUT2D eigenvalue weighted by Crippen LogP contribution is -2.61. The molecule has 0 spiro atoms. The third-order valence-corrected chi connectivity index (χ3v) is 4.98. The van der Waals surface area contributed by atoms with Crippen LogP contribution in [0.15, 0.2) is 41.5 Å². The zero-order valence-corrected chi connectivity index (χ0v) is 19.4. The van der Waals surface area contributed by atoms with Crippen molar-refractivity contribution in [1.82, 2.24) is 14.8 Å². The number of rotatable bonds is 5. The summed E-state index contributed by atoms with van der Waals surface area (Å²) in [6, 6.07) is 6.07. The van der Waals surface area contributed by atoms with Gasteiger partial charge in [0, 0.05) is 34.7 Å². The molecule has 162 valence electrons. The largest absolute Gasteiger partial charge is 0.462 e. The summed E-state index contributed by atoms with van der Waals surface area (Å²) in [6.07, 6.45) is 3.29. The molecule has 3 rings (SSSR count). The molecule has 0 saturated carbocycles. The molecule has 1 saturated heterocycles. The van der Waals surface area contributed by atoms with Crippen LogP contribution in [0.5, 0.6) is 0 Å². The molecule has 7 nitrogen and oxygen atoms in total. The first kappa shape index (κ1) is 23.7. The van der Waals surface area contributed by atoms with Crippen molar-refractivity contribution < 1.29 is 19.1 Å². The molecule has 30 heavy (non-hydrogen) atoms. The molecule has 2 amide bonds. The van der Waals surface area contributed by atoms with Crippen LogP contribution in [0.25, 0.3) is 10.9 Å². The maximum Gasteiger partial charge on any atom is 0.293 e. The Kier molecular flexibility index (Phi) is 7.83. The number of aryl methyl sites for hydroxylation is 1. The van der Waals surface area contributed by atoms with Crippen LogP contribution in [0, 0.1) is 6.92 Å². The van der Waals surface area contributed by atoms with Crippen LogP contribution in [0.1, 0.15) is 26.3 Å². The van der Waals surface area contributed by atoms with Gasteiger partial charge in [-0.25, -0.2) is 0 Å². The van der Waals surface area contributed by atoms with Crippen molar-refractivity contribution in [3.63, 3.8) is 0 Å². The minimum Gasteiger partial charge on any atom is -0.462 e. The fourth-order valence-electron chi connectivity index (χ4n) is 3.03. The van der Waals surface area contributed by atoms with E-state index in [4.69, 9.17) is 0 Å². The summed E-state index contributed by atoms with van der Waals surface area (Å²) in [6.45, 7) is 12.8. The van der Waals surface area contributed by atoms with Crippen molar-refractivity contribution in [2.24, 2.45) is 0 Å². The van der Waals surface area contributed by atoms with Crippen LogP contribution in [0.4, 0.5) is 0 Å². The summed E-state index contributed by atoms with van der Waals surface area (Å²) in [5, 5.41) is 4.10. The van der Waals surface area contributed by atoms with Gasteiger partial charge in [-0.1, -0.05) is 22.5 Å². The van der Waals surface area contributed by atoms with Gasteiger partial charge in [0.2, 0.25) is 11.8 Å². The number of nitrogens with zero attached hydrogens (tertiary/aromatic N) is 2. The van der Waals surface area contributed by atoms with Gasteiger partial charge in [-0.3, -0.25) is 14.4 Å². The van der Waals surface area contributed by atoms with Gasteiger partial charge in [-0.15, -0.1) is 0 Å². The highest BCUT2D eigenvalue weighted by Gasteiger charge is 2.30. The molecule has 0 unspecified atom stereocenters. The summed E-state index contributed by atoms with van der Waals surface area (Å²) in [5.41, 5.74) is 1.86. The first-order chi connectivity index (χ1) is 14.0. The van der Waals surface area contributed by atoms with Crippen LogP contribution < -0.4 is 5.32 Å². The van der Waals surface area contributed by atoms with Crippen molar-refractivity contribution in [1.29, 1.82) is 0 Å². The molecular formula is C22H28BrN3O4. The average Bonchev–Trinajstić information content (AvgIpc) is 2.91. The number of ether oxygens (including phenoxy) is 1. The fraction of sp³-hybridized carbons (Fsp3) is 0.409. The van der Waals surface area contributed by atoms with Crippen molar-refractivity contribution >= 4 is 45.1 Å². The third kappa shape index (κ3) is 6.45. The molecule has 0 aliphatic carbocycles. The Bertz CT molecular complexity index is 940. The summed E-state index contributed by atoms with van der Waals surface area (Å²) >= 11 is 3.47. The molecule has 0 radical (unpaired) electrons. The normalized spacial score (nSPS) is 13.7. The van der Waals surface area contributed by atoms with E-state index in [9.17, 15) is 14.4 Å². The predicted octanol–water partition coefficient (Wildman–Crippen LogP) is 3.18. The second-order valence-electron chi connectivity index (χ2n) is 8.14. The topological polar surface area (TPSA) is 80.6 Å². The van der Waals surface area contributed by atoms with E-state index < -0.39 is 0 Å². The molecule has 8 heteroatoms. The second-order valence-corrected chi connectivity index (χ2v) is 9.06. The van der Waals surface area contributed by atoms with E-state index in [1.54, 1.807) is 4.90 Å². The number of benzene rings is 1. The summed E-state index contributed by atoms with van der Waals surface area (Å²) in [7, 11) is 0. The standard InChI is InChI=1S/C17H18BrN3O2.C5H10O2/c1-3-17(23)21-8-13(9-21)19-16(22)10-20-7-11(2)14-6-12(18)4-5-15(14)20;1-5(2,3)7-4-6/h3-7,13H,1,8-10H2,2H3,(H,19,22);4H,1-3H3. The molecule has 0 bridgehead atoms. The molecule has 0 atom stereocenters. The molecular weight excluding hydrogens is 450 g/mol. The highest BCUT2D eigenvalue weighted by molar-refractivity contribution is 9.10. The van der Waals surface area contributed by atoms with E-state index in [2.05, 4.69) is 38.6 Å². The maximum absolute atomic E-state index is 12.2. The van der Waals surface area contributed by atoms with E-state index in [0.717, 1.165) is 20.9 Å². The van der Waals surface area contributed by atoms with Gasteiger partial charge in [0.25, 0.3) is 6.47 Å². The van der Waals surface area contributed by atoms with Crippen molar-refractivity contribution in [3.05, 3.63) is 47.1 Å². The van der Waals surface area contributed by atoms with E-state index in [0.29, 0.717) is 19.6 Å². The Balaban J connectivity index is 0.000000396. The zero-order chi connectivity index (χ0) is 22.5. The molecule has 1 aromatic carbocycles. The van der Waals surface area contributed by atoms with Gasteiger partial charge in [-0.2, -0.15) is 0 Å². The first-order valence-corrected chi connectivity index (χ1v) is 10.4. The van der Waals surface area contributed by atoms with Crippen LogP contribution in [-0.4, -0.2) is 52.5 Å². The molecule has 2 heterocycles. The summed E-state index contributed by atoms with van der Waals surface area (Å²) in [5.74, 6) is -0.131. The minimum atomic E-state index is -0.318. The quantitative estimate of drug-likeness (QED) is 0.529. The lowest BCUT2D eigenvalue weighted by Gasteiger charge is -2.38. The lowest BCUT2D eigenvalue weighted by molar-refractivity contribution is -0.138. The Morgan fingerprint density at radius 3 is 2.53 bits per heavy atom. The van der Waals surface area contributed by atoms with Crippen molar-refractivity contribution in [3.8, 4) is 0 Å². The smallest absolute Gasteiger partial charge is 0.293 e. The van der Waals surface area contributed by atoms with Gasteiger partial charge in [-0.05, 0) is 57.5 Å². The number of fused-ring (bicyclic) bond motifs is 1. The van der Waals surface area contributed by atoms with E-state index >= 15 is 0 Å². The van der Waals surface area contributed by atoms with Crippen LogP contribution in [0.2, 0.25) is 0 Å². The SMILES string of the molecule is C=CC(=O)N1CC(NC(=O)Cn2cc(C)c3cc(Br)ccc32)C1.CC(C)(C)OC=O. The molecule has 1 N–H and O–H groups in total. The van der Waals surface area contributed by atoms with Crippen molar-refractivity contribution in [2.45, 2.75) is 45.9 Å². The van der Waals surface area contributed by atoms with Gasteiger partial charge < -0.3 is 19.5 Å². The number of amides is 2. The summed E-state index contributed by atoms with van der Waals surface area (Å²) < 4.78 is 7.53. The van der Waals surface area contributed by atoms with Crippen LogP contribution in [-0.2, 0) is 25.7 Å². The van der Waals surface area contributed by atoms with Gasteiger partial charge in [0.15, 0.2) is 0 Å². The highest BCUT2D eigenvalue weighted by Crippen LogP contribution is 2.24. The number of carbonyl (C=O) groups is 3. The highest BCUT2D eigenvalue weighted by atomic mass is 79.9. The number of nitrogens with one attached hydrogen (secondary N) is 1. The van der Waals surface area contributed by atoms with Crippen LogP contribution in [0.3, 0.4) is 0 Å². The minimum absolute atomic E-state index is 0.0310. The van der Waals surface area contributed by atoms with Gasteiger partial charge in [0.05, 0.1) is 6.04 Å². The molecule has 1 aromatic heterocycles. The Hall–Kier alpha value is -2.61. The van der Waals surface area contributed by atoms with Gasteiger partial charge in [0.1, 0.15) is 12.1 Å². The lowest BCUT2D eigenvalue weighted by atomic mass is 10.1. The number of hydrogen-bond acceptors (Lipinski definition) is 4. The monoisotopic (exact) mass is 477 g/mol. The number of halogens is 1. The molecule has 1 aliphatic rings. The predicted molar refractivity (Wildman–Crippen MR) is 120 cm³/mol. The number of aromatic nitrogens is 1. The molecule has 2 aromatic rings. The van der Waals surface area contributed by atoms with Gasteiger partial charge >= 0.3 is 0 Å². The number of carbonyl (C=O) groups excluding carboxylic acids is 3. The second kappa shape index (κ2) is 9.93.